The van der Waals surface area contributed by atoms with Crippen molar-refractivity contribution in [3.05, 3.63) is 23.9 Å². The Morgan fingerprint density at radius 3 is 2.62 bits per heavy atom. The molecule has 1 heterocycles. The number of unbranched alkanes of at least 4 members (excludes halogenated alkanes) is 4. The van der Waals surface area contributed by atoms with Crippen molar-refractivity contribution in [1.82, 2.24) is 4.98 Å². The molecule has 0 aromatic carbocycles. The number of aliphatic hydroxyl groups excluding tert-OH is 1. The number of rotatable bonds is 8. The van der Waals surface area contributed by atoms with Crippen LogP contribution in [0.5, 0.6) is 5.88 Å². The zero-order valence-electron chi connectivity index (χ0n) is 9.98. The van der Waals surface area contributed by atoms with Crippen LogP contribution >= 0.6 is 0 Å². The number of aromatic nitrogens is 1. The monoisotopic (exact) mass is 223 g/mol. The molecule has 0 bridgehead atoms. The Kier molecular flexibility index (Phi) is 6.58. The van der Waals surface area contributed by atoms with Crippen LogP contribution in [0.4, 0.5) is 0 Å². The fourth-order valence-electron chi connectivity index (χ4n) is 1.47. The average Bonchev–Trinajstić information content (AvgIpc) is 2.34. The minimum atomic E-state index is 0.0320. The van der Waals surface area contributed by atoms with E-state index in [0.29, 0.717) is 5.88 Å². The number of hydrogen-bond donors (Lipinski definition) is 1. The third kappa shape index (κ3) is 5.12. The SMILES string of the molecule is CCCCCCCOc1ccc(CO)cn1. The van der Waals surface area contributed by atoms with Gasteiger partial charge in [0.15, 0.2) is 0 Å². The molecule has 3 heteroatoms. The van der Waals surface area contributed by atoms with Crippen molar-refractivity contribution >= 4 is 0 Å². The first-order chi connectivity index (χ1) is 7.86. The predicted molar refractivity (Wildman–Crippen MR) is 64.4 cm³/mol. The van der Waals surface area contributed by atoms with Crippen molar-refractivity contribution in [3.8, 4) is 5.88 Å². The molecule has 0 aliphatic carbocycles. The van der Waals surface area contributed by atoms with Gasteiger partial charge in [0, 0.05) is 12.3 Å². The summed E-state index contributed by atoms with van der Waals surface area (Å²) in [4.78, 5) is 4.10. The quantitative estimate of drug-likeness (QED) is 0.689. The second-order valence-corrected chi connectivity index (χ2v) is 3.93. The maximum atomic E-state index is 8.84. The molecule has 1 N–H and O–H groups in total. The summed E-state index contributed by atoms with van der Waals surface area (Å²) in [7, 11) is 0. The molecule has 0 saturated carbocycles. The molecular weight excluding hydrogens is 202 g/mol. The zero-order chi connectivity index (χ0) is 11.6. The number of pyridine rings is 1. The maximum Gasteiger partial charge on any atom is 0.213 e. The summed E-state index contributed by atoms with van der Waals surface area (Å²) in [6.07, 6.45) is 7.82. The number of ether oxygens (including phenoxy) is 1. The van der Waals surface area contributed by atoms with Crippen molar-refractivity contribution in [3.63, 3.8) is 0 Å². The van der Waals surface area contributed by atoms with Crippen molar-refractivity contribution in [2.24, 2.45) is 0 Å². The van der Waals surface area contributed by atoms with E-state index in [1.165, 1.54) is 25.7 Å². The Balaban J connectivity index is 2.12. The second kappa shape index (κ2) is 8.11. The molecule has 0 saturated heterocycles. The topological polar surface area (TPSA) is 42.4 Å². The van der Waals surface area contributed by atoms with Crippen LogP contribution in [0.3, 0.4) is 0 Å². The molecule has 1 rings (SSSR count). The van der Waals surface area contributed by atoms with Crippen LogP contribution in [-0.4, -0.2) is 16.7 Å². The Hall–Kier alpha value is -1.09. The van der Waals surface area contributed by atoms with Crippen LogP contribution in [0.1, 0.15) is 44.6 Å². The highest BCUT2D eigenvalue weighted by molar-refractivity contribution is 5.16. The molecule has 1 aromatic heterocycles. The smallest absolute Gasteiger partial charge is 0.213 e. The minimum Gasteiger partial charge on any atom is -0.478 e. The number of aliphatic hydroxyl groups is 1. The van der Waals surface area contributed by atoms with E-state index in [2.05, 4.69) is 11.9 Å². The van der Waals surface area contributed by atoms with Crippen LogP contribution in [0.15, 0.2) is 18.3 Å². The summed E-state index contributed by atoms with van der Waals surface area (Å²) in [6, 6.07) is 3.64. The van der Waals surface area contributed by atoms with Crippen LogP contribution < -0.4 is 4.74 Å². The Morgan fingerprint density at radius 1 is 1.19 bits per heavy atom. The third-order valence-corrected chi connectivity index (χ3v) is 2.48. The van der Waals surface area contributed by atoms with Crippen molar-refractivity contribution in [1.29, 1.82) is 0 Å². The fraction of sp³-hybridized carbons (Fsp3) is 0.615. The molecule has 0 aliphatic rings. The number of hydrogen-bond acceptors (Lipinski definition) is 3. The maximum absolute atomic E-state index is 8.84. The minimum absolute atomic E-state index is 0.0320. The molecule has 0 aliphatic heterocycles. The van der Waals surface area contributed by atoms with Crippen LogP contribution in [0.25, 0.3) is 0 Å². The fourth-order valence-corrected chi connectivity index (χ4v) is 1.47. The molecule has 0 spiro atoms. The van der Waals surface area contributed by atoms with Crippen molar-refractivity contribution < 1.29 is 9.84 Å². The second-order valence-electron chi connectivity index (χ2n) is 3.93. The molecule has 0 radical (unpaired) electrons. The van der Waals surface area contributed by atoms with Gasteiger partial charge in [0.25, 0.3) is 0 Å². The van der Waals surface area contributed by atoms with Gasteiger partial charge in [-0.3, -0.25) is 0 Å². The number of nitrogens with zero attached hydrogens (tertiary/aromatic N) is 1. The lowest BCUT2D eigenvalue weighted by molar-refractivity contribution is 0.278. The Bertz CT molecular complexity index is 272. The summed E-state index contributed by atoms with van der Waals surface area (Å²) in [5, 5.41) is 8.84. The summed E-state index contributed by atoms with van der Waals surface area (Å²) < 4.78 is 5.49. The van der Waals surface area contributed by atoms with Gasteiger partial charge < -0.3 is 9.84 Å². The van der Waals surface area contributed by atoms with Crippen molar-refractivity contribution in [2.75, 3.05) is 6.61 Å². The molecule has 3 nitrogen and oxygen atoms in total. The molecule has 1 aromatic rings. The lowest BCUT2D eigenvalue weighted by atomic mass is 10.2. The first kappa shape index (κ1) is 13.0. The average molecular weight is 223 g/mol. The molecule has 0 atom stereocenters. The molecule has 0 fully saturated rings. The summed E-state index contributed by atoms with van der Waals surface area (Å²) >= 11 is 0. The molecule has 16 heavy (non-hydrogen) atoms. The first-order valence-electron chi connectivity index (χ1n) is 6.05. The first-order valence-corrected chi connectivity index (χ1v) is 6.05. The van der Waals surface area contributed by atoms with E-state index in [1.54, 1.807) is 12.3 Å². The molecule has 90 valence electrons. The van der Waals surface area contributed by atoms with Gasteiger partial charge >= 0.3 is 0 Å². The Morgan fingerprint density at radius 2 is 2.00 bits per heavy atom. The van der Waals surface area contributed by atoms with E-state index in [0.717, 1.165) is 18.6 Å². The lowest BCUT2D eigenvalue weighted by Gasteiger charge is -2.05. The van der Waals surface area contributed by atoms with Gasteiger partial charge in [0.1, 0.15) is 0 Å². The summed E-state index contributed by atoms with van der Waals surface area (Å²) in [5.74, 6) is 0.646. The molecular formula is C13H21NO2. The van der Waals surface area contributed by atoms with Crippen molar-refractivity contribution in [2.45, 2.75) is 45.6 Å². The van der Waals surface area contributed by atoms with E-state index in [1.807, 2.05) is 6.07 Å². The van der Waals surface area contributed by atoms with E-state index >= 15 is 0 Å². The van der Waals surface area contributed by atoms with Gasteiger partial charge in [0.2, 0.25) is 5.88 Å². The van der Waals surface area contributed by atoms with Crippen LogP contribution in [0.2, 0.25) is 0 Å². The highest BCUT2D eigenvalue weighted by Crippen LogP contribution is 2.09. The normalized spacial score (nSPS) is 10.4. The largest absolute Gasteiger partial charge is 0.478 e. The van der Waals surface area contributed by atoms with Crippen LogP contribution in [0, 0.1) is 0 Å². The third-order valence-electron chi connectivity index (χ3n) is 2.48. The standard InChI is InChI=1S/C13H21NO2/c1-2-3-4-5-6-9-16-13-8-7-12(11-15)10-14-13/h7-8,10,15H,2-6,9,11H2,1H3. The van der Waals surface area contributed by atoms with E-state index in [4.69, 9.17) is 9.84 Å². The van der Waals surface area contributed by atoms with E-state index < -0.39 is 0 Å². The molecule has 0 amide bonds. The highest BCUT2D eigenvalue weighted by atomic mass is 16.5. The lowest BCUT2D eigenvalue weighted by Crippen LogP contribution is -1.99. The molecule has 0 unspecified atom stereocenters. The van der Waals surface area contributed by atoms with E-state index in [9.17, 15) is 0 Å². The van der Waals surface area contributed by atoms with Gasteiger partial charge in [-0.15, -0.1) is 0 Å². The predicted octanol–water partition coefficient (Wildman–Crippen LogP) is 2.92. The zero-order valence-corrected chi connectivity index (χ0v) is 9.98. The summed E-state index contributed by atoms with van der Waals surface area (Å²) in [5.41, 5.74) is 0.815. The van der Waals surface area contributed by atoms with Crippen LogP contribution in [-0.2, 0) is 6.61 Å². The highest BCUT2D eigenvalue weighted by Gasteiger charge is 1.96. The van der Waals surface area contributed by atoms with Gasteiger partial charge in [-0.1, -0.05) is 32.6 Å². The van der Waals surface area contributed by atoms with Gasteiger partial charge in [-0.2, -0.15) is 0 Å². The van der Waals surface area contributed by atoms with Gasteiger partial charge in [0.05, 0.1) is 13.2 Å². The Labute approximate surface area is 97.5 Å². The van der Waals surface area contributed by atoms with E-state index in [-0.39, 0.29) is 6.61 Å². The van der Waals surface area contributed by atoms with Gasteiger partial charge in [-0.05, 0) is 18.1 Å². The van der Waals surface area contributed by atoms with Gasteiger partial charge in [-0.25, -0.2) is 4.98 Å². The summed E-state index contributed by atoms with van der Waals surface area (Å²) in [6.45, 7) is 2.97.